The molecule has 4 heteroatoms. The van der Waals surface area contributed by atoms with E-state index in [1.54, 1.807) is 30.3 Å². The van der Waals surface area contributed by atoms with Gasteiger partial charge in [0.25, 0.3) is 0 Å². The maximum atomic E-state index is 9.44. The predicted molar refractivity (Wildman–Crippen MR) is 68.9 cm³/mol. The summed E-state index contributed by atoms with van der Waals surface area (Å²) < 4.78 is 5.53. The van der Waals surface area contributed by atoms with E-state index in [2.05, 4.69) is 0 Å². The number of hydrogen-bond acceptors (Lipinski definition) is 2. The molecule has 17 heavy (non-hydrogen) atoms. The minimum atomic E-state index is 0.0481. The third-order valence-corrected chi connectivity index (χ3v) is 2.87. The molecule has 2 nitrogen and oxygen atoms in total. The number of hydrogen-bond donors (Lipinski definition) is 1. The lowest BCUT2D eigenvalue weighted by Gasteiger charge is -2.08. The molecule has 0 unspecified atom stereocenters. The van der Waals surface area contributed by atoms with Gasteiger partial charge in [-0.05, 0) is 29.8 Å². The molecule has 1 N–H and O–H groups in total. The molecule has 0 fully saturated rings. The highest BCUT2D eigenvalue weighted by Gasteiger charge is 2.03. The Morgan fingerprint density at radius 2 is 1.76 bits per heavy atom. The summed E-state index contributed by atoms with van der Waals surface area (Å²) in [5.74, 6) is 0.663. The molecule has 2 aromatic carbocycles. The summed E-state index contributed by atoms with van der Waals surface area (Å²) in [6, 6.07) is 12.2. The quantitative estimate of drug-likeness (QED) is 0.901. The first-order valence-electron chi connectivity index (χ1n) is 5.01. The Kier molecular flexibility index (Phi) is 3.77. The Bertz CT molecular complexity index is 527. The third-order valence-electron chi connectivity index (χ3n) is 2.24. The van der Waals surface area contributed by atoms with Crippen LogP contribution in [0.2, 0.25) is 10.0 Å². The van der Waals surface area contributed by atoms with Gasteiger partial charge in [-0.25, -0.2) is 0 Å². The van der Waals surface area contributed by atoms with Crippen molar-refractivity contribution in [2.75, 3.05) is 0 Å². The number of ether oxygens (including phenoxy) is 1. The van der Waals surface area contributed by atoms with Crippen molar-refractivity contribution in [2.45, 2.75) is 6.61 Å². The SMILES string of the molecule is Oc1cc(COc2ccccc2Cl)ccc1Cl. The van der Waals surface area contributed by atoms with E-state index in [0.29, 0.717) is 22.4 Å². The number of halogens is 2. The Morgan fingerprint density at radius 3 is 2.47 bits per heavy atom. The number of aromatic hydroxyl groups is 1. The van der Waals surface area contributed by atoms with E-state index in [9.17, 15) is 5.11 Å². The van der Waals surface area contributed by atoms with E-state index in [1.807, 2.05) is 12.1 Å². The standard InChI is InChI=1S/C13H10Cl2O2/c14-10-6-5-9(7-12(10)16)8-17-13-4-2-1-3-11(13)15/h1-7,16H,8H2. The summed E-state index contributed by atoms with van der Waals surface area (Å²) in [6.07, 6.45) is 0. The average Bonchev–Trinajstić information content (AvgIpc) is 2.32. The Hall–Kier alpha value is -1.38. The van der Waals surface area contributed by atoms with Crippen LogP contribution in [0, 0.1) is 0 Å². The molecule has 0 amide bonds. The van der Waals surface area contributed by atoms with Crippen molar-refractivity contribution in [2.24, 2.45) is 0 Å². The first-order valence-corrected chi connectivity index (χ1v) is 5.77. The van der Waals surface area contributed by atoms with Crippen LogP contribution in [0.15, 0.2) is 42.5 Å². The molecule has 0 bridgehead atoms. The van der Waals surface area contributed by atoms with Gasteiger partial charge in [-0.15, -0.1) is 0 Å². The van der Waals surface area contributed by atoms with Crippen LogP contribution in [0.25, 0.3) is 0 Å². The van der Waals surface area contributed by atoms with Gasteiger partial charge in [-0.2, -0.15) is 0 Å². The van der Waals surface area contributed by atoms with Crippen molar-refractivity contribution in [3.63, 3.8) is 0 Å². The van der Waals surface area contributed by atoms with Gasteiger partial charge >= 0.3 is 0 Å². The zero-order valence-electron chi connectivity index (χ0n) is 8.86. The topological polar surface area (TPSA) is 29.5 Å². The first-order chi connectivity index (χ1) is 8.16. The zero-order valence-corrected chi connectivity index (χ0v) is 10.4. The van der Waals surface area contributed by atoms with Gasteiger partial charge < -0.3 is 9.84 Å². The molecule has 88 valence electrons. The second kappa shape index (κ2) is 5.30. The highest BCUT2D eigenvalue weighted by Crippen LogP contribution is 2.26. The van der Waals surface area contributed by atoms with Gasteiger partial charge in [-0.1, -0.05) is 41.4 Å². The van der Waals surface area contributed by atoms with Crippen LogP contribution < -0.4 is 4.74 Å². The van der Waals surface area contributed by atoms with E-state index in [-0.39, 0.29) is 5.75 Å². The smallest absolute Gasteiger partial charge is 0.138 e. The molecule has 0 heterocycles. The zero-order chi connectivity index (χ0) is 12.3. The number of phenolic OH excluding ortho intramolecular Hbond substituents is 1. The number of rotatable bonds is 3. The molecular formula is C13H10Cl2O2. The molecule has 2 aromatic rings. The van der Waals surface area contributed by atoms with Crippen molar-refractivity contribution in [3.8, 4) is 11.5 Å². The van der Waals surface area contributed by atoms with Crippen LogP contribution in [0.3, 0.4) is 0 Å². The van der Waals surface area contributed by atoms with Crippen molar-refractivity contribution >= 4 is 23.2 Å². The maximum absolute atomic E-state index is 9.44. The molecule has 0 aliphatic rings. The second-order valence-corrected chi connectivity index (χ2v) is 4.32. The minimum Gasteiger partial charge on any atom is -0.506 e. The fourth-order valence-corrected chi connectivity index (χ4v) is 1.68. The van der Waals surface area contributed by atoms with E-state index in [4.69, 9.17) is 27.9 Å². The van der Waals surface area contributed by atoms with E-state index < -0.39 is 0 Å². The van der Waals surface area contributed by atoms with Gasteiger partial charge in [0.2, 0.25) is 0 Å². The fraction of sp³-hybridized carbons (Fsp3) is 0.0769. The minimum absolute atomic E-state index is 0.0481. The van der Waals surface area contributed by atoms with Crippen molar-refractivity contribution in [3.05, 3.63) is 58.1 Å². The van der Waals surface area contributed by atoms with Gasteiger partial charge in [0.1, 0.15) is 18.1 Å². The van der Waals surface area contributed by atoms with Crippen LogP contribution in [0.1, 0.15) is 5.56 Å². The molecule has 0 spiro atoms. The molecule has 0 aromatic heterocycles. The average molecular weight is 269 g/mol. The highest BCUT2D eigenvalue weighted by atomic mass is 35.5. The number of phenols is 1. The van der Waals surface area contributed by atoms with Crippen molar-refractivity contribution < 1.29 is 9.84 Å². The van der Waals surface area contributed by atoms with E-state index >= 15 is 0 Å². The molecule has 0 saturated carbocycles. The summed E-state index contributed by atoms with van der Waals surface area (Å²) >= 11 is 11.7. The lowest BCUT2D eigenvalue weighted by molar-refractivity contribution is 0.305. The summed E-state index contributed by atoms with van der Waals surface area (Å²) in [6.45, 7) is 0.328. The first kappa shape index (κ1) is 12.1. The van der Waals surface area contributed by atoms with Gasteiger partial charge in [0.05, 0.1) is 10.0 Å². The van der Waals surface area contributed by atoms with Crippen LogP contribution in [0.5, 0.6) is 11.5 Å². The lowest BCUT2D eigenvalue weighted by Crippen LogP contribution is -1.95. The fourth-order valence-electron chi connectivity index (χ4n) is 1.37. The number of para-hydroxylation sites is 1. The summed E-state index contributed by atoms with van der Waals surface area (Å²) in [4.78, 5) is 0. The number of benzene rings is 2. The molecular weight excluding hydrogens is 259 g/mol. The molecule has 0 aliphatic carbocycles. The van der Waals surface area contributed by atoms with Crippen LogP contribution in [0.4, 0.5) is 0 Å². The molecule has 0 aliphatic heterocycles. The predicted octanol–water partition coefficient (Wildman–Crippen LogP) is 4.28. The highest BCUT2D eigenvalue weighted by molar-refractivity contribution is 6.32. The third kappa shape index (κ3) is 3.05. The monoisotopic (exact) mass is 268 g/mol. The van der Waals surface area contributed by atoms with Gasteiger partial charge in [0, 0.05) is 0 Å². The van der Waals surface area contributed by atoms with Crippen molar-refractivity contribution in [1.82, 2.24) is 0 Å². The van der Waals surface area contributed by atoms with Crippen LogP contribution in [-0.4, -0.2) is 5.11 Å². The Balaban J connectivity index is 2.08. The van der Waals surface area contributed by atoms with E-state index in [0.717, 1.165) is 5.56 Å². The Morgan fingerprint density at radius 1 is 1.00 bits per heavy atom. The summed E-state index contributed by atoms with van der Waals surface area (Å²) in [5, 5.41) is 10.3. The van der Waals surface area contributed by atoms with E-state index in [1.165, 1.54) is 0 Å². The van der Waals surface area contributed by atoms with Crippen LogP contribution >= 0.6 is 23.2 Å². The van der Waals surface area contributed by atoms with Gasteiger partial charge in [-0.3, -0.25) is 0 Å². The largest absolute Gasteiger partial charge is 0.506 e. The molecule has 0 radical (unpaired) electrons. The summed E-state index contributed by atoms with van der Waals surface area (Å²) in [5.41, 5.74) is 0.826. The molecule has 0 atom stereocenters. The lowest BCUT2D eigenvalue weighted by atomic mass is 10.2. The maximum Gasteiger partial charge on any atom is 0.138 e. The van der Waals surface area contributed by atoms with Crippen molar-refractivity contribution in [1.29, 1.82) is 0 Å². The molecule has 0 saturated heterocycles. The van der Waals surface area contributed by atoms with Crippen LogP contribution in [-0.2, 0) is 6.61 Å². The second-order valence-electron chi connectivity index (χ2n) is 3.50. The molecule has 2 rings (SSSR count). The normalized spacial score (nSPS) is 10.2. The van der Waals surface area contributed by atoms with Gasteiger partial charge in [0.15, 0.2) is 0 Å². The summed E-state index contributed by atoms with van der Waals surface area (Å²) in [7, 11) is 0. The Labute approximate surface area is 109 Å².